The third kappa shape index (κ3) is 8.05. The topological polar surface area (TPSA) is 117 Å². The van der Waals surface area contributed by atoms with Crippen LogP contribution in [0.25, 0.3) is 0 Å². The van der Waals surface area contributed by atoms with Crippen molar-refractivity contribution < 1.29 is 14.4 Å². The highest BCUT2D eigenvalue weighted by atomic mass is 35.5. The van der Waals surface area contributed by atoms with Gasteiger partial charge in [0.05, 0.1) is 16.1 Å². The third-order valence-electron chi connectivity index (χ3n) is 6.39. The smallest absolute Gasteiger partial charge is 0.253 e. The number of nitrogens with zero attached hydrogens (tertiary/aromatic N) is 2. The minimum absolute atomic E-state index is 0.0101. The van der Waals surface area contributed by atoms with Gasteiger partial charge in [0.2, 0.25) is 6.41 Å². The Labute approximate surface area is 238 Å². The van der Waals surface area contributed by atoms with E-state index in [1.165, 1.54) is 0 Å². The zero-order valence-electron chi connectivity index (χ0n) is 21.6. The average Bonchev–Trinajstić information content (AvgIpc) is 3.39. The molecule has 4 N–H and O–H groups in total. The van der Waals surface area contributed by atoms with Crippen LogP contribution in [-0.4, -0.2) is 35.3 Å². The summed E-state index contributed by atoms with van der Waals surface area (Å²) in [6.45, 7) is 6.25. The number of aromatic nitrogens is 1. The predicted octanol–water partition coefficient (Wildman–Crippen LogP) is 5.03. The lowest BCUT2D eigenvalue weighted by atomic mass is 10.1. The first-order chi connectivity index (χ1) is 18.8. The molecule has 1 saturated carbocycles. The number of hydrogen-bond donors (Lipinski definition) is 3. The molecule has 3 amide bonds. The molecule has 0 radical (unpaired) electrons. The van der Waals surface area contributed by atoms with Gasteiger partial charge in [0, 0.05) is 29.8 Å². The number of carbonyl (C=O) groups is 3. The number of carbonyl (C=O) groups excluding carboxylic acids is 3. The number of anilines is 1. The van der Waals surface area contributed by atoms with Crippen molar-refractivity contribution in [2.45, 2.75) is 44.8 Å². The van der Waals surface area contributed by atoms with Gasteiger partial charge in [-0.1, -0.05) is 60.1 Å². The fourth-order valence-electron chi connectivity index (χ4n) is 4.41. The number of pyridine rings is 1. The van der Waals surface area contributed by atoms with E-state index in [0.29, 0.717) is 33.5 Å². The summed E-state index contributed by atoms with van der Waals surface area (Å²) in [6.07, 6.45) is 5.97. The molecule has 1 aliphatic rings. The van der Waals surface area contributed by atoms with Gasteiger partial charge in [0.1, 0.15) is 5.82 Å². The van der Waals surface area contributed by atoms with Gasteiger partial charge < -0.3 is 21.3 Å². The van der Waals surface area contributed by atoms with Crippen LogP contribution >= 0.6 is 23.2 Å². The van der Waals surface area contributed by atoms with Crippen molar-refractivity contribution >= 4 is 47.2 Å². The van der Waals surface area contributed by atoms with Crippen LogP contribution in [0.1, 0.15) is 51.1 Å². The van der Waals surface area contributed by atoms with Gasteiger partial charge in [0.25, 0.3) is 11.8 Å². The summed E-state index contributed by atoms with van der Waals surface area (Å²) in [5.74, 6) is 0.290. The van der Waals surface area contributed by atoms with Crippen LogP contribution in [0, 0.1) is 6.92 Å². The van der Waals surface area contributed by atoms with Crippen LogP contribution in [-0.2, 0) is 11.3 Å². The first-order valence-corrected chi connectivity index (χ1v) is 13.1. The molecule has 3 aromatic rings. The van der Waals surface area contributed by atoms with E-state index in [-0.39, 0.29) is 30.3 Å². The Morgan fingerprint density at radius 3 is 2.46 bits per heavy atom. The van der Waals surface area contributed by atoms with E-state index in [2.05, 4.69) is 27.9 Å². The third-order valence-corrected chi connectivity index (χ3v) is 7.11. The molecule has 2 aromatic carbocycles. The highest BCUT2D eigenvalue weighted by Crippen LogP contribution is 2.29. The summed E-state index contributed by atoms with van der Waals surface area (Å²) >= 11 is 12.5. The van der Waals surface area contributed by atoms with Crippen molar-refractivity contribution in [3.63, 3.8) is 0 Å². The maximum atomic E-state index is 12.8. The Hall–Kier alpha value is -3.88. The van der Waals surface area contributed by atoms with Crippen LogP contribution in [0.3, 0.4) is 0 Å². The molecule has 2 atom stereocenters. The van der Waals surface area contributed by atoms with E-state index < -0.39 is 0 Å². The number of halogens is 2. The van der Waals surface area contributed by atoms with Crippen LogP contribution in [0.2, 0.25) is 10.0 Å². The normalized spacial score (nSPS) is 15.9. The van der Waals surface area contributed by atoms with Crippen LogP contribution in [0.15, 0.2) is 73.6 Å². The maximum Gasteiger partial charge on any atom is 0.253 e. The van der Waals surface area contributed by atoms with Crippen molar-refractivity contribution in [2.24, 2.45) is 5.73 Å². The number of benzene rings is 2. The van der Waals surface area contributed by atoms with Gasteiger partial charge in [-0.05, 0) is 67.8 Å². The number of hydrogen-bond acceptors (Lipinski definition) is 5. The van der Waals surface area contributed by atoms with Crippen molar-refractivity contribution in [3.8, 4) is 0 Å². The van der Waals surface area contributed by atoms with E-state index in [1.807, 2.05) is 48.2 Å². The van der Waals surface area contributed by atoms with Crippen molar-refractivity contribution in [1.29, 1.82) is 0 Å². The standard InChI is InChI=1S/C28H28Cl2N4O2.CH3NO/c1-3-34(26-12-9-20(17-31-26)27(35)32-16-19-7-5-4-6-8-19)22-11-10-21(14-22)33-28(36)23-15-24(29)18(2)13-25(23)30;2-1-3/h3-9,12-13,15,17,21-22H,1,10-11,14,16H2,2H3,(H,32,35)(H,33,36);1H,(H2,2,3). The van der Waals surface area contributed by atoms with E-state index in [4.69, 9.17) is 28.0 Å². The molecule has 0 aliphatic heterocycles. The molecular weight excluding hydrogens is 537 g/mol. The Bertz CT molecular complexity index is 1300. The Morgan fingerprint density at radius 2 is 1.82 bits per heavy atom. The van der Waals surface area contributed by atoms with Crippen molar-refractivity contribution in [3.05, 3.63) is 106 Å². The average molecular weight is 569 g/mol. The molecule has 0 saturated heterocycles. The number of amides is 3. The van der Waals surface area contributed by atoms with Crippen LogP contribution < -0.4 is 21.3 Å². The fourth-order valence-corrected chi connectivity index (χ4v) is 4.88. The highest BCUT2D eigenvalue weighted by molar-refractivity contribution is 6.36. The molecule has 2 unspecified atom stereocenters. The number of nitrogens with two attached hydrogens (primary N) is 1. The maximum absolute atomic E-state index is 12.8. The molecule has 4 rings (SSSR count). The molecule has 1 aromatic heterocycles. The molecule has 39 heavy (non-hydrogen) atoms. The zero-order valence-corrected chi connectivity index (χ0v) is 23.1. The fraction of sp³-hybridized carbons (Fsp3) is 0.241. The first-order valence-electron chi connectivity index (χ1n) is 12.4. The summed E-state index contributed by atoms with van der Waals surface area (Å²) in [7, 11) is 0. The first kappa shape index (κ1) is 29.7. The van der Waals surface area contributed by atoms with Gasteiger partial charge in [0.15, 0.2) is 0 Å². The largest absolute Gasteiger partial charge is 0.372 e. The van der Waals surface area contributed by atoms with E-state index in [0.717, 1.165) is 30.4 Å². The lowest BCUT2D eigenvalue weighted by Crippen LogP contribution is -2.36. The minimum atomic E-state index is -0.235. The second-order valence-electron chi connectivity index (χ2n) is 9.02. The zero-order chi connectivity index (χ0) is 28.4. The summed E-state index contributed by atoms with van der Waals surface area (Å²) in [6, 6.07) is 16.7. The predicted molar refractivity (Wildman–Crippen MR) is 155 cm³/mol. The van der Waals surface area contributed by atoms with Crippen LogP contribution in [0.5, 0.6) is 0 Å². The van der Waals surface area contributed by atoms with Crippen molar-refractivity contribution in [2.75, 3.05) is 4.90 Å². The minimum Gasteiger partial charge on any atom is -0.372 e. The summed E-state index contributed by atoms with van der Waals surface area (Å²) in [5.41, 5.74) is 6.89. The quantitative estimate of drug-likeness (QED) is 0.330. The number of aryl methyl sites for hydroxylation is 1. The lowest BCUT2D eigenvalue weighted by molar-refractivity contribution is -0.106. The summed E-state index contributed by atoms with van der Waals surface area (Å²) < 4.78 is 0. The molecule has 0 bridgehead atoms. The Kier molecular flexibility index (Phi) is 10.9. The second-order valence-corrected chi connectivity index (χ2v) is 9.83. The molecule has 8 nitrogen and oxygen atoms in total. The van der Waals surface area contributed by atoms with Gasteiger partial charge in [-0.3, -0.25) is 14.4 Å². The van der Waals surface area contributed by atoms with E-state index in [1.54, 1.807) is 30.6 Å². The molecule has 10 heteroatoms. The Morgan fingerprint density at radius 1 is 1.10 bits per heavy atom. The SMILES string of the molecule is C=CN(c1ccc(C(=O)NCc2ccccc2)cn1)C1CCC(NC(=O)c2cc(Cl)c(C)cc2Cl)C1.NC=O. The van der Waals surface area contributed by atoms with Gasteiger partial charge in [-0.15, -0.1) is 0 Å². The van der Waals surface area contributed by atoms with Crippen LogP contribution in [0.4, 0.5) is 5.82 Å². The number of nitrogens with one attached hydrogen (secondary N) is 2. The monoisotopic (exact) mass is 567 g/mol. The number of primary amides is 1. The van der Waals surface area contributed by atoms with Crippen molar-refractivity contribution in [1.82, 2.24) is 15.6 Å². The molecule has 0 spiro atoms. The van der Waals surface area contributed by atoms with E-state index >= 15 is 0 Å². The van der Waals surface area contributed by atoms with Gasteiger partial charge in [-0.25, -0.2) is 4.98 Å². The molecule has 204 valence electrons. The molecular formula is C29H31Cl2N5O3. The number of rotatable bonds is 8. The van der Waals surface area contributed by atoms with E-state index in [9.17, 15) is 9.59 Å². The lowest BCUT2D eigenvalue weighted by Gasteiger charge is -2.26. The molecule has 1 fully saturated rings. The van der Waals surface area contributed by atoms with Gasteiger partial charge >= 0.3 is 0 Å². The highest BCUT2D eigenvalue weighted by Gasteiger charge is 2.30. The van der Waals surface area contributed by atoms with Gasteiger partial charge in [-0.2, -0.15) is 0 Å². The molecule has 1 aliphatic carbocycles. The summed E-state index contributed by atoms with van der Waals surface area (Å²) in [5, 5.41) is 6.88. The summed E-state index contributed by atoms with van der Waals surface area (Å²) in [4.78, 5) is 40.4. The molecule has 1 heterocycles. The Balaban J connectivity index is 0.00000134. The second kappa shape index (κ2) is 14.3.